The fourth-order valence-corrected chi connectivity index (χ4v) is 2.27. The Morgan fingerprint density at radius 3 is 2.67 bits per heavy atom. The molecular formula is C14H13N3S. The minimum absolute atomic E-state index is 0.248. The van der Waals surface area contributed by atoms with Crippen LogP contribution in [0.5, 0.6) is 0 Å². The van der Waals surface area contributed by atoms with Crippen molar-refractivity contribution in [2.75, 3.05) is 5.75 Å². The zero-order valence-corrected chi connectivity index (χ0v) is 10.9. The van der Waals surface area contributed by atoms with Crippen LogP contribution in [0, 0.1) is 11.3 Å². The van der Waals surface area contributed by atoms with Crippen LogP contribution in [0.3, 0.4) is 0 Å². The van der Waals surface area contributed by atoms with Crippen LogP contribution in [0.2, 0.25) is 0 Å². The van der Waals surface area contributed by atoms with Gasteiger partial charge in [0.2, 0.25) is 0 Å². The minimum atomic E-state index is 0.248. The molecule has 0 N–H and O–H groups in total. The van der Waals surface area contributed by atoms with Crippen molar-refractivity contribution in [2.24, 2.45) is 0 Å². The monoisotopic (exact) mass is 255 g/mol. The van der Waals surface area contributed by atoms with Crippen LogP contribution in [-0.2, 0) is 6.42 Å². The molecule has 1 heterocycles. The Hall–Kier alpha value is -1.86. The zero-order valence-electron chi connectivity index (χ0n) is 10.1. The lowest BCUT2D eigenvalue weighted by Gasteiger charge is -2.03. The molecule has 2 rings (SSSR count). The summed E-state index contributed by atoms with van der Waals surface area (Å²) in [5.74, 6) is 1.64. The van der Waals surface area contributed by atoms with Gasteiger partial charge in [-0.05, 0) is 24.0 Å². The van der Waals surface area contributed by atoms with E-state index in [-0.39, 0.29) is 6.42 Å². The minimum Gasteiger partial charge on any atom is -0.240 e. The van der Waals surface area contributed by atoms with E-state index in [0.717, 1.165) is 17.0 Å². The number of thioether (sulfide) groups is 1. The Kier molecular flexibility index (Phi) is 4.32. The summed E-state index contributed by atoms with van der Waals surface area (Å²) in [6, 6.07) is 12.2. The van der Waals surface area contributed by atoms with Gasteiger partial charge in [-0.1, -0.05) is 19.1 Å². The van der Waals surface area contributed by atoms with Gasteiger partial charge in [0.15, 0.2) is 0 Å². The molecule has 0 aliphatic rings. The van der Waals surface area contributed by atoms with E-state index in [1.807, 2.05) is 17.8 Å². The van der Waals surface area contributed by atoms with Crippen molar-refractivity contribution >= 4 is 11.8 Å². The molecule has 0 bridgehead atoms. The van der Waals surface area contributed by atoms with Gasteiger partial charge in [0.1, 0.15) is 5.82 Å². The summed E-state index contributed by atoms with van der Waals surface area (Å²) in [6.45, 7) is 2.14. The van der Waals surface area contributed by atoms with Gasteiger partial charge in [0.25, 0.3) is 0 Å². The van der Waals surface area contributed by atoms with Crippen LogP contribution in [0.1, 0.15) is 12.7 Å². The van der Waals surface area contributed by atoms with Crippen molar-refractivity contribution in [3.05, 3.63) is 42.4 Å². The lowest BCUT2D eigenvalue weighted by atomic mass is 10.1. The molecule has 0 atom stereocenters. The third-order valence-corrected chi connectivity index (χ3v) is 3.30. The van der Waals surface area contributed by atoms with Gasteiger partial charge < -0.3 is 0 Å². The topological polar surface area (TPSA) is 49.6 Å². The molecule has 0 saturated heterocycles. The summed E-state index contributed by atoms with van der Waals surface area (Å²) < 4.78 is 0. The van der Waals surface area contributed by atoms with E-state index in [1.165, 1.54) is 4.90 Å². The maximum Gasteiger partial charge on any atom is 0.142 e. The number of benzene rings is 1. The molecule has 0 aliphatic carbocycles. The molecule has 1 aromatic heterocycles. The van der Waals surface area contributed by atoms with Crippen molar-refractivity contribution in [3.8, 4) is 17.3 Å². The lowest BCUT2D eigenvalue weighted by Crippen LogP contribution is -1.94. The Morgan fingerprint density at radius 2 is 2.00 bits per heavy atom. The normalized spacial score (nSPS) is 10.0. The molecule has 0 saturated carbocycles. The fourth-order valence-electron chi connectivity index (χ4n) is 1.60. The average molecular weight is 255 g/mol. The molecule has 0 fully saturated rings. The predicted octanol–water partition coefficient (Wildman–Crippen LogP) is 3.32. The van der Waals surface area contributed by atoms with Crippen molar-refractivity contribution < 1.29 is 0 Å². The molecule has 3 nitrogen and oxygen atoms in total. The summed E-state index contributed by atoms with van der Waals surface area (Å²) in [6.07, 6.45) is 1.95. The van der Waals surface area contributed by atoms with Crippen LogP contribution < -0.4 is 0 Å². The van der Waals surface area contributed by atoms with Gasteiger partial charge in [-0.3, -0.25) is 0 Å². The van der Waals surface area contributed by atoms with Gasteiger partial charge in [0, 0.05) is 16.7 Å². The smallest absolute Gasteiger partial charge is 0.142 e. The summed E-state index contributed by atoms with van der Waals surface area (Å²) in [7, 11) is 0. The van der Waals surface area contributed by atoms with E-state index in [4.69, 9.17) is 5.26 Å². The summed E-state index contributed by atoms with van der Waals surface area (Å²) in [5, 5.41) is 8.64. The number of nitrogens with zero attached hydrogens (tertiary/aromatic N) is 3. The van der Waals surface area contributed by atoms with E-state index in [9.17, 15) is 0 Å². The van der Waals surface area contributed by atoms with Crippen LogP contribution in [0.15, 0.2) is 41.4 Å². The van der Waals surface area contributed by atoms with Crippen LogP contribution in [0.4, 0.5) is 0 Å². The Bertz CT molecular complexity index is 558. The molecule has 2 aromatic rings. The van der Waals surface area contributed by atoms with Gasteiger partial charge in [-0.15, -0.1) is 11.8 Å². The first kappa shape index (κ1) is 12.6. The molecule has 90 valence electrons. The second kappa shape index (κ2) is 6.18. The van der Waals surface area contributed by atoms with Crippen molar-refractivity contribution in [2.45, 2.75) is 18.2 Å². The fraction of sp³-hybridized carbons (Fsp3) is 0.214. The first-order chi connectivity index (χ1) is 8.83. The average Bonchev–Trinajstić information content (AvgIpc) is 2.41. The maximum atomic E-state index is 8.64. The van der Waals surface area contributed by atoms with E-state index < -0.39 is 0 Å². The highest BCUT2D eigenvalue weighted by molar-refractivity contribution is 7.99. The second-order valence-electron chi connectivity index (χ2n) is 3.65. The second-order valence-corrected chi connectivity index (χ2v) is 4.99. The van der Waals surface area contributed by atoms with E-state index in [1.54, 1.807) is 6.20 Å². The lowest BCUT2D eigenvalue weighted by molar-refractivity contribution is 0.999. The molecular weight excluding hydrogens is 242 g/mol. The van der Waals surface area contributed by atoms with E-state index >= 15 is 0 Å². The highest BCUT2D eigenvalue weighted by atomic mass is 32.2. The highest BCUT2D eigenvalue weighted by Crippen LogP contribution is 2.22. The summed E-state index contributed by atoms with van der Waals surface area (Å²) in [4.78, 5) is 9.69. The van der Waals surface area contributed by atoms with Gasteiger partial charge in [-0.2, -0.15) is 5.26 Å². The molecule has 0 spiro atoms. The molecule has 0 amide bonds. The summed E-state index contributed by atoms with van der Waals surface area (Å²) in [5.41, 5.74) is 1.92. The van der Waals surface area contributed by atoms with Gasteiger partial charge in [0.05, 0.1) is 18.2 Å². The zero-order chi connectivity index (χ0) is 12.8. The largest absolute Gasteiger partial charge is 0.240 e. The number of aromatic nitrogens is 2. The van der Waals surface area contributed by atoms with Gasteiger partial charge >= 0.3 is 0 Å². The first-order valence-corrected chi connectivity index (χ1v) is 6.74. The van der Waals surface area contributed by atoms with E-state index in [2.05, 4.69) is 47.2 Å². The van der Waals surface area contributed by atoms with E-state index in [0.29, 0.717) is 5.82 Å². The van der Waals surface area contributed by atoms with Crippen molar-refractivity contribution in [1.29, 1.82) is 5.26 Å². The number of hydrogen-bond acceptors (Lipinski definition) is 4. The molecule has 0 aliphatic heterocycles. The summed E-state index contributed by atoms with van der Waals surface area (Å²) >= 11 is 1.81. The molecule has 0 radical (unpaired) electrons. The number of rotatable bonds is 4. The van der Waals surface area contributed by atoms with Crippen molar-refractivity contribution in [3.63, 3.8) is 0 Å². The van der Waals surface area contributed by atoms with Crippen molar-refractivity contribution in [1.82, 2.24) is 9.97 Å². The molecule has 1 aromatic carbocycles. The maximum absolute atomic E-state index is 8.64. The SMILES string of the molecule is CCSc1ccc(-c2ccnc(CC#N)n2)cc1. The van der Waals surface area contributed by atoms with Crippen LogP contribution >= 0.6 is 11.8 Å². The standard InChI is InChI=1S/C14H13N3S/c1-2-18-12-5-3-11(4-6-12)13-8-10-16-14(17-13)7-9-15/h3-6,8,10H,2,7H2,1H3. The molecule has 4 heteroatoms. The Balaban J connectivity index is 2.25. The quantitative estimate of drug-likeness (QED) is 0.786. The third-order valence-electron chi connectivity index (χ3n) is 2.40. The third kappa shape index (κ3) is 3.08. The first-order valence-electron chi connectivity index (χ1n) is 5.75. The van der Waals surface area contributed by atoms with Gasteiger partial charge in [-0.25, -0.2) is 9.97 Å². The molecule has 18 heavy (non-hydrogen) atoms. The Morgan fingerprint density at radius 1 is 1.22 bits per heavy atom. The number of nitriles is 1. The predicted molar refractivity (Wildman–Crippen MR) is 73.2 cm³/mol. The van der Waals surface area contributed by atoms with Crippen LogP contribution in [0.25, 0.3) is 11.3 Å². The highest BCUT2D eigenvalue weighted by Gasteiger charge is 2.02. The Labute approximate surface area is 111 Å². The van der Waals surface area contributed by atoms with Crippen LogP contribution in [-0.4, -0.2) is 15.7 Å². The molecule has 0 unspecified atom stereocenters. The number of hydrogen-bond donors (Lipinski definition) is 0.